The highest BCUT2D eigenvalue weighted by molar-refractivity contribution is 5.96. The molecule has 0 aliphatic carbocycles. The molecule has 0 radical (unpaired) electrons. The van der Waals surface area contributed by atoms with Gasteiger partial charge in [0.15, 0.2) is 11.5 Å². The number of amides is 3. The Hall–Kier alpha value is -4.01. The molecule has 0 fully saturated rings. The van der Waals surface area contributed by atoms with Crippen LogP contribution in [0.1, 0.15) is 45.9 Å². The molecule has 1 atom stereocenters. The number of furan rings is 1. The smallest absolute Gasteiger partial charge is 0.287 e. The van der Waals surface area contributed by atoms with Gasteiger partial charge in [-0.2, -0.15) is 0 Å². The molecule has 3 aromatic heterocycles. The summed E-state index contributed by atoms with van der Waals surface area (Å²) < 4.78 is 5.69. The fourth-order valence-corrected chi connectivity index (χ4v) is 3.18. The molecule has 3 N–H and O–H groups in total. The van der Waals surface area contributed by atoms with Gasteiger partial charge >= 0.3 is 0 Å². The van der Waals surface area contributed by atoms with Crippen LogP contribution in [0.4, 0.5) is 0 Å². The molecule has 3 amide bonds. The molecule has 0 aliphatic rings. The zero-order valence-corrected chi connectivity index (χ0v) is 19.0. The Bertz CT molecular complexity index is 1160. The van der Waals surface area contributed by atoms with Gasteiger partial charge in [-0.3, -0.25) is 24.4 Å². The van der Waals surface area contributed by atoms with Gasteiger partial charge in [0.2, 0.25) is 5.91 Å². The average molecular weight is 450 g/mol. The van der Waals surface area contributed by atoms with E-state index in [9.17, 15) is 14.4 Å². The topological polar surface area (TPSA) is 126 Å². The summed E-state index contributed by atoms with van der Waals surface area (Å²) >= 11 is 0. The first-order valence-electron chi connectivity index (χ1n) is 10.6. The van der Waals surface area contributed by atoms with Crippen LogP contribution in [0, 0.1) is 12.8 Å². The molecule has 3 heterocycles. The van der Waals surface area contributed by atoms with Crippen molar-refractivity contribution in [1.82, 2.24) is 25.9 Å². The summed E-state index contributed by atoms with van der Waals surface area (Å²) in [7, 11) is 1.52. The van der Waals surface area contributed by atoms with E-state index in [1.807, 2.05) is 20.8 Å². The number of likely N-dealkylation sites (N-methyl/N-ethyl adjacent to an activating group) is 1. The minimum Gasteiger partial charge on any atom is -0.449 e. The van der Waals surface area contributed by atoms with Gasteiger partial charge in [0.1, 0.15) is 11.7 Å². The fraction of sp³-hybridized carbons (Fsp3) is 0.292. The van der Waals surface area contributed by atoms with Crippen LogP contribution in [0.25, 0.3) is 11.5 Å². The Morgan fingerprint density at radius 3 is 2.55 bits per heavy atom. The molecular weight excluding hydrogens is 422 g/mol. The normalized spacial score (nSPS) is 11.7. The predicted octanol–water partition coefficient (Wildman–Crippen LogP) is 2.48. The second-order valence-electron chi connectivity index (χ2n) is 7.96. The van der Waals surface area contributed by atoms with Crippen molar-refractivity contribution < 1.29 is 18.8 Å². The van der Waals surface area contributed by atoms with Gasteiger partial charge in [0.25, 0.3) is 11.8 Å². The van der Waals surface area contributed by atoms with Crippen molar-refractivity contribution in [2.75, 3.05) is 7.05 Å². The lowest BCUT2D eigenvalue weighted by molar-refractivity contribution is -0.123. The second kappa shape index (κ2) is 10.5. The van der Waals surface area contributed by atoms with E-state index in [1.54, 1.807) is 36.7 Å². The van der Waals surface area contributed by atoms with E-state index in [0.717, 1.165) is 11.1 Å². The summed E-state index contributed by atoms with van der Waals surface area (Å²) in [5.41, 5.74) is 2.73. The minimum atomic E-state index is -0.676. The predicted molar refractivity (Wildman–Crippen MR) is 122 cm³/mol. The molecule has 3 aromatic rings. The van der Waals surface area contributed by atoms with Gasteiger partial charge in [0, 0.05) is 32.2 Å². The zero-order chi connectivity index (χ0) is 24.0. The Kier molecular flexibility index (Phi) is 7.55. The Morgan fingerprint density at radius 2 is 1.85 bits per heavy atom. The van der Waals surface area contributed by atoms with E-state index in [0.29, 0.717) is 23.6 Å². The highest BCUT2D eigenvalue weighted by atomic mass is 16.4. The summed E-state index contributed by atoms with van der Waals surface area (Å²) in [4.78, 5) is 45.3. The molecular formula is C24H27N5O4. The molecule has 1 unspecified atom stereocenters. The van der Waals surface area contributed by atoms with Crippen LogP contribution < -0.4 is 16.0 Å². The lowest BCUT2D eigenvalue weighted by Crippen LogP contribution is -2.48. The van der Waals surface area contributed by atoms with Gasteiger partial charge in [-0.1, -0.05) is 13.8 Å². The molecule has 9 heteroatoms. The van der Waals surface area contributed by atoms with E-state index >= 15 is 0 Å². The zero-order valence-electron chi connectivity index (χ0n) is 19.0. The number of carbonyl (C=O) groups excluding carboxylic acids is 3. The van der Waals surface area contributed by atoms with Crippen LogP contribution in [0.5, 0.6) is 0 Å². The number of nitrogens with one attached hydrogen (secondary N) is 3. The van der Waals surface area contributed by atoms with Crippen molar-refractivity contribution in [3.8, 4) is 11.5 Å². The van der Waals surface area contributed by atoms with Crippen molar-refractivity contribution in [3.63, 3.8) is 0 Å². The standard InChI is InChI=1S/C24H27N5O4/c1-14(2)21(24(32)25-4)29-23(31)20-6-5-19(33-20)18-10-16(7-8-27-18)12-28-22(30)17-9-15(3)11-26-13-17/h5-11,13-14,21H,12H2,1-4H3,(H,25,32)(H,28,30)(H,29,31). The number of aromatic nitrogens is 2. The highest BCUT2D eigenvalue weighted by Gasteiger charge is 2.25. The fourth-order valence-electron chi connectivity index (χ4n) is 3.18. The average Bonchev–Trinajstić information content (AvgIpc) is 3.31. The summed E-state index contributed by atoms with van der Waals surface area (Å²) in [5.74, 6) is -0.601. The lowest BCUT2D eigenvalue weighted by Gasteiger charge is -2.19. The van der Waals surface area contributed by atoms with Gasteiger partial charge in [-0.05, 0) is 54.3 Å². The summed E-state index contributed by atoms with van der Waals surface area (Å²) in [6.45, 7) is 5.85. The maximum absolute atomic E-state index is 12.6. The first kappa shape index (κ1) is 23.6. The summed E-state index contributed by atoms with van der Waals surface area (Å²) in [5, 5.41) is 8.09. The highest BCUT2D eigenvalue weighted by Crippen LogP contribution is 2.21. The number of rotatable bonds is 8. The van der Waals surface area contributed by atoms with Crippen LogP contribution >= 0.6 is 0 Å². The number of pyridine rings is 2. The van der Waals surface area contributed by atoms with Gasteiger partial charge in [-0.15, -0.1) is 0 Å². The molecule has 0 spiro atoms. The summed E-state index contributed by atoms with van der Waals surface area (Å²) in [6, 6.07) is 7.82. The first-order valence-corrected chi connectivity index (χ1v) is 10.6. The maximum Gasteiger partial charge on any atom is 0.287 e. The van der Waals surface area contributed by atoms with Gasteiger partial charge in [0.05, 0.1) is 5.56 Å². The Morgan fingerprint density at radius 1 is 1.06 bits per heavy atom. The number of hydrogen-bond donors (Lipinski definition) is 3. The molecule has 0 aromatic carbocycles. The lowest BCUT2D eigenvalue weighted by atomic mass is 10.0. The third-order valence-electron chi connectivity index (χ3n) is 4.98. The van der Waals surface area contributed by atoms with Crippen molar-refractivity contribution in [2.45, 2.75) is 33.4 Å². The number of nitrogens with zero attached hydrogens (tertiary/aromatic N) is 2. The first-order chi connectivity index (χ1) is 15.8. The largest absolute Gasteiger partial charge is 0.449 e. The van der Waals surface area contributed by atoms with Crippen LogP contribution in [-0.4, -0.2) is 40.8 Å². The monoisotopic (exact) mass is 449 g/mol. The number of hydrogen-bond acceptors (Lipinski definition) is 6. The Balaban J connectivity index is 1.67. The summed E-state index contributed by atoms with van der Waals surface area (Å²) in [6.07, 6.45) is 4.81. The van der Waals surface area contributed by atoms with E-state index in [2.05, 4.69) is 25.9 Å². The van der Waals surface area contributed by atoms with Crippen molar-refractivity contribution in [2.24, 2.45) is 5.92 Å². The van der Waals surface area contributed by atoms with Gasteiger partial charge < -0.3 is 20.4 Å². The molecule has 172 valence electrons. The molecule has 0 saturated carbocycles. The van der Waals surface area contributed by atoms with E-state index in [4.69, 9.17) is 4.42 Å². The molecule has 9 nitrogen and oxygen atoms in total. The molecule has 0 bridgehead atoms. The Labute approximate surface area is 192 Å². The van der Waals surface area contributed by atoms with E-state index in [1.165, 1.54) is 19.3 Å². The third kappa shape index (κ3) is 6.03. The van der Waals surface area contributed by atoms with Crippen LogP contribution in [0.2, 0.25) is 0 Å². The van der Waals surface area contributed by atoms with Crippen molar-refractivity contribution in [3.05, 3.63) is 71.4 Å². The molecule has 3 rings (SSSR count). The third-order valence-corrected chi connectivity index (χ3v) is 4.98. The minimum absolute atomic E-state index is 0.0759. The van der Waals surface area contributed by atoms with Crippen molar-refractivity contribution in [1.29, 1.82) is 0 Å². The maximum atomic E-state index is 12.6. The van der Waals surface area contributed by atoms with Crippen LogP contribution in [-0.2, 0) is 11.3 Å². The van der Waals surface area contributed by atoms with E-state index < -0.39 is 11.9 Å². The van der Waals surface area contributed by atoms with Crippen LogP contribution in [0.15, 0.2) is 53.3 Å². The molecule has 0 aliphatic heterocycles. The van der Waals surface area contributed by atoms with Crippen molar-refractivity contribution >= 4 is 17.7 Å². The SMILES string of the molecule is CNC(=O)C(NC(=O)c1ccc(-c2cc(CNC(=O)c3cncc(C)c3)ccn2)o1)C(C)C. The van der Waals surface area contributed by atoms with E-state index in [-0.39, 0.29) is 23.5 Å². The molecule has 33 heavy (non-hydrogen) atoms. The van der Waals surface area contributed by atoms with Gasteiger partial charge in [-0.25, -0.2) is 0 Å². The second-order valence-corrected chi connectivity index (χ2v) is 7.96. The molecule has 0 saturated heterocycles. The number of carbonyl (C=O) groups is 3. The number of aryl methyl sites for hydroxylation is 1. The van der Waals surface area contributed by atoms with Crippen LogP contribution in [0.3, 0.4) is 0 Å². The quantitative estimate of drug-likeness (QED) is 0.485.